The average Bonchev–Trinajstić information content (AvgIpc) is 2.75. The number of hydrogen-bond acceptors (Lipinski definition) is 11. The molecule has 2 heterocycles. The zero-order chi connectivity index (χ0) is 24.7. The van der Waals surface area contributed by atoms with Crippen LogP contribution in [0.1, 0.15) is 55.4 Å². The highest BCUT2D eigenvalue weighted by atomic mass is 16.8. The van der Waals surface area contributed by atoms with E-state index in [9.17, 15) is 40.9 Å². The van der Waals surface area contributed by atoms with Crippen LogP contribution >= 0.6 is 0 Å². The molecule has 0 radical (unpaired) electrons. The maximum Gasteiger partial charge on any atom is 0.227 e. The van der Waals surface area contributed by atoms with Crippen molar-refractivity contribution in [3.05, 3.63) is 0 Å². The summed E-state index contributed by atoms with van der Waals surface area (Å²) >= 11 is 0. The van der Waals surface area contributed by atoms with E-state index in [4.69, 9.17) is 14.2 Å². The van der Waals surface area contributed by atoms with Crippen LogP contribution in [0.15, 0.2) is 0 Å². The lowest BCUT2D eigenvalue weighted by Gasteiger charge is -2.66. The van der Waals surface area contributed by atoms with E-state index < -0.39 is 70.6 Å². The molecule has 0 aromatic carbocycles. The first-order valence-electron chi connectivity index (χ1n) is 10.1. The van der Waals surface area contributed by atoms with Gasteiger partial charge in [-0.25, -0.2) is 0 Å². The molecule has 2 saturated heterocycles. The highest BCUT2D eigenvalue weighted by Gasteiger charge is 2.80. The minimum absolute atomic E-state index is 0.768. The van der Waals surface area contributed by atoms with Crippen molar-refractivity contribution in [1.29, 1.82) is 0 Å². The quantitative estimate of drug-likeness (QED) is 0.223. The molecule has 8 N–H and O–H groups in total. The number of rotatable bonds is 5. The largest absolute Gasteiger partial charge is 0.393 e. The van der Waals surface area contributed by atoms with Crippen LogP contribution in [0.3, 0.4) is 0 Å². The van der Waals surface area contributed by atoms with Gasteiger partial charge >= 0.3 is 0 Å². The summed E-state index contributed by atoms with van der Waals surface area (Å²) in [6.07, 6.45) is 0. The van der Waals surface area contributed by atoms with Crippen molar-refractivity contribution in [3.8, 4) is 0 Å². The Balaban J connectivity index is 2.72. The maximum atomic E-state index is 11.4. The van der Waals surface area contributed by atoms with Crippen LogP contribution in [-0.2, 0) is 14.2 Å². The third-order valence-corrected chi connectivity index (χ3v) is 8.51. The van der Waals surface area contributed by atoms with Gasteiger partial charge in [0.25, 0.3) is 0 Å². The monoisotopic (exact) mass is 454 g/mol. The molecular weight excluding hydrogens is 416 g/mol. The minimum Gasteiger partial charge on any atom is -0.393 e. The fourth-order valence-electron chi connectivity index (χ4n) is 4.65. The lowest BCUT2D eigenvalue weighted by Crippen LogP contribution is -2.86. The lowest BCUT2D eigenvalue weighted by atomic mass is 9.61. The summed E-state index contributed by atoms with van der Waals surface area (Å²) in [5.41, 5.74) is -15.2. The third-order valence-electron chi connectivity index (χ3n) is 8.51. The van der Waals surface area contributed by atoms with Crippen LogP contribution in [0, 0.1) is 0 Å². The first-order chi connectivity index (χ1) is 13.6. The average molecular weight is 455 g/mol. The fourth-order valence-corrected chi connectivity index (χ4v) is 4.65. The molecule has 0 saturated carbocycles. The zero-order valence-electron chi connectivity index (χ0n) is 19.4. The molecule has 0 amide bonds. The van der Waals surface area contributed by atoms with Gasteiger partial charge < -0.3 is 55.1 Å². The Morgan fingerprint density at radius 1 is 0.516 bits per heavy atom. The summed E-state index contributed by atoms with van der Waals surface area (Å²) in [7, 11) is 0. The molecule has 0 aromatic rings. The number of hydrogen-bond donors (Lipinski definition) is 8. The Kier molecular flexibility index (Phi) is 5.88. The van der Waals surface area contributed by atoms with Crippen molar-refractivity contribution in [1.82, 2.24) is 0 Å². The van der Waals surface area contributed by atoms with Gasteiger partial charge in [0.1, 0.15) is 45.8 Å². The molecule has 2 rings (SSSR count). The van der Waals surface area contributed by atoms with Crippen molar-refractivity contribution >= 4 is 0 Å². The highest BCUT2D eigenvalue weighted by molar-refractivity contribution is 5.24. The van der Waals surface area contributed by atoms with E-state index in [2.05, 4.69) is 0 Å². The normalized spacial score (nSPS) is 60.4. The summed E-state index contributed by atoms with van der Waals surface area (Å²) in [6.45, 7) is 6.82. The van der Waals surface area contributed by atoms with Gasteiger partial charge in [-0.05, 0) is 55.4 Å². The molecule has 0 aromatic heterocycles. The molecule has 9 atom stereocenters. The number of aliphatic hydroxyl groups is 8. The smallest absolute Gasteiger partial charge is 0.227 e. The topological polar surface area (TPSA) is 190 Å². The molecule has 0 spiro atoms. The molecule has 2 aliphatic rings. The van der Waals surface area contributed by atoms with E-state index >= 15 is 0 Å². The number of ether oxygens (including phenoxy) is 3. The van der Waals surface area contributed by atoms with Crippen LogP contribution in [0.4, 0.5) is 0 Å². The van der Waals surface area contributed by atoms with Crippen LogP contribution in [0.25, 0.3) is 0 Å². The summed E-state index contributed by atoms with van der Waals surface area (Å²) < 4.78 is 17.5. The van der Waals surface area contributed by atoms with Gasteiger partial charge in [-0.1, -0.05) is 0 Å². The van der Waals surface area contributed by atoms with Gasteiger partial charge in [-0.3, -0.25) is 0 Å². The predicted molar refractivity (Wildman–Crippen MR) is 106 cm³/mol. The van der Waals surface area contributed by atoms with Gasteiger partial charge in [0.05, 0.1) is 13.2 Å². The van der Waals surface area contributed by atoms with E-state index in [1.54, 1.807) is 0 Å². The maximum absolute atomic E-state index is 11.4. The van der Waals surface area contributed by atoms with E-state index in [0.29, 0.717) is 0 Å². The molecule has 184 valence electrons. The molecule has 0 aliphatic carbocycles. The highest BCUT2D eigenvalue weighted by Crippen LogP contribution is 2.59. The molecule has 9 unspecified atom stereocenters. The van der Waals surface area contributed by atoms with E-state index in [0.717, 1.165) is 20.8 Å². The zero-order valence-corrected chi connectivity index (χ0v) is 19.4. The second-order valence-corrected chi connectivity index (χ2v) is 10.3. The summed E-state index contributed by atoms with van der Waals surface area (Å²) in [5, 5.41) is 86.0. The van der Waals surface area contributed by atoms with E-state index in [1.165, 1.54) is 34.6 Å². The van der Waals surface area contributed by atoms with Crippen molar-refractivity contribution in [2.45, 2.75) is 106 Å². The minimum atomic E-state index is -2.47. The fraction of sp³-hybridized carbons (Fsp3) is 1.00. The Bertz CT molecular complexity index is 718. The van der Waals surface area contributed by atoms with Crippen molar-refractivity contribution in [2.24, 2.45) is 0 Å². The van der Waals surface area contributed by atoms with Gasteiger partial charge in [-0.2, -0.15) is 0 Å². The number of aliphatic hydroxyl groups excluding tert-OH is 3. The Labute approximate surface area is 181 Å². The molecule has 2 fully saturated rings. The predicted octanol–water partition coefficient (Wildman–Crippen LogP) is -2.27. The third kappa shape index (κ3) is 2.80. The van der Waals surface area contributed by atoms with E-state index in [-0.39, 0.29) is 0 Å². The van der Waals surface area contributed by atoms with Crippen molar-refractivity contribution in [3.63, 3.8) is 0 Å². The molecule has 11 nitrogen and oxygen atoms in total. The van der Waals surface area contributed by atoms with Crippen LogP contribution in [0.2, 0.25) is 0 Å². The van der Waals surface area contributed by atoms with Crippen molar-refractivity contribution in [2.75, 3.05) is 19.8 Å². The van der Waals surface area contributed by atoms with Gasteiger partial charge in [0, 0.05) is 0 Å². The second kappa shape index (κ2) is 6.80. The van der Waals surface area contributed by atoms with Crippen LogP contribution in [0.5, 0.6) is 0 Å². The van der Waals surface area contributed by atoms with Gasteiger partial charge in [-0.15, -0.1) is 0 Å². The Morgan fingerprint density at radius 2 is 0.903 bits per heavy atom. The van der Waals surface area contributed by atoms with Gasteiger partial charge in [0.15, 0.2) is 0 Å². The summed E-state index contributed by atoms with van der Waals surface area (Å²) in [4.78, 5) is 0. The molecule has 31 heavy (non-hydrogen) atoms. The first-order valence-corrected chi connectivity index (χ1v) is 10.1. The second-order valence-electron chi connectivity index (χ2n) is 10.3. The summed E-state index contributed by atoms with van der Waals surface area (Å²) in [5.74, 6) is -4.80. The molecule has 0 bridgehead atoms. The molecule has 2 aliphatic heterocycles. The molecule has 11 heteroatoms. The standard InChI is InChI=1S/C20H38O11/c1-12(9-21)14(3,24)16(5,26)17(6,27)19(8,29-12)31-20(11-23)18(7,28)15(4,25)13(2,10-22)30-20/h21-28H,9-11H2,1-8H3. The van der Waals surface area contributed by atoms with Crippen LogP contribution in [-0.4, -0.2) is 111 Å². The first kappa shape index (κ1) is 26.8. The molecular formula is C20H38O11. The Morgan fingerprint density at radius 3 is 1.26 bits per heavy atom. The summed E-state index contributed by atoms with van der Waals surface area (Å²) in [6, 6.07) is 0. The SMILES string of the molecule is CC1(CO)OC(CO)(OC2(C)OC(C)(CO)C(C)(O)C(C)(O)C2(C)O)C(C)(O)C1(C)O. The van der Waals surface area contributed by atoms with E-state index in [1.807, 2.05) is 0 Å². The van der Waals surface area contributed by atoms with Gasteiger partial charge in [0.2, 0.25) is 11.6 Å². The lowest BCUT2D eigenvalue weighted by molar-refractivity contribution is -0.499. The Hall–Kier alpha value is -0.440. The van der Waals surface area contributed by atoms with Crippen LogP contribution < -0.4 is 0 Å². The van der Waals surface area contributed by atoms with Crippen molar-refractivity contribution < 1.29 is 55.1 Å².